The van der Waals surface area contributed by atoms with E-state index in [1.54, 1.807) is 17.3 Å². The zero-order valence-electron chi connectivity index (χ0n) is 7.48. The van der Waals surface area contributed by atoms with Crippen LogP contribution in [0.5, 0.6) is 0 Å². The number of hydrogen-bond acceptors (Lipinski definition) is 5. The van der Waals surface area contributed by atoms with Crippen molar-refractivity contribution in [3.8, 4) is 0 Å². The van der Waals surface area contributed by atoms with Crippen LogP contribution in [0.15, 0.2) is 5.51 Å². The quantitative estimate of drug-likeness (QED) is 0.830. The van der Waals surface area contributed by atoms with Gasteiger partial charge in [-0.1, -0.05) is 18.3 Å². The lowest BCUT2D eigenvalue weighted by atomic mass is 10.2. The fourth-order valence-electron chi connectivity index (χ4n) is 0.782. The van der Waals surface area contributed by atoms with E-state index in [0.29, 0.717) is 5.13 Å². The van der Waals surface area contributed by atoms with E-state index < -0.39 is 0 Å². The van der Waals surface area contributed by atoms with Gasteiger partial charge in [0.2, 0.25) is 11.0 Å². The van der Waals surface area contributed by atoms with Gasteiger partial charge in [-0.2, -0.15) is 11.8 Å². The van der Waals surface area contributed by atoms with Crippen LogP contribution in [0.4, 0.5) is 5.13 Å². The van der Waals surface area contributed by atoms with Gasteiger partial charge in [0.1, 0.15) is 5.51 Å². The summed E-state index contributed by atoms with van der Waals surface area (Å²) < 4.78 is 0. The number of carbonyl (C=O) groups is 1. The van der Waals surface area contributed by atoms with E-state index >= 15 is 0 Å². The summed E-state index contributed by atoms with van der Waals surface area (Å²) in [6, 6.07) is 0. The molecule has 6 heteroatoms. The van der Waals surface area contributed by atoms with Crippen LogP contribution in [-0.4, -0.2) is 28.1 Å². The minimum Gasteiger partial charge on any atom is -0.300 e. The summed E-state index contributed by atoms with van der Waals surface area (Å²) in [5, 5.41) is 10.6. The third-order valence-electron chi connectivity index (χ3n) is 1.45. The number of aromatic nitrogens is 2. The number of rotatable bonds is 4. The SMILES string of the molecule is CSCC(C)C(=O)Nc1nncs1. The van der Waals surface area contributed by atoms with Crippen molar-refractivity contribution in [3.63, 3.8) is 0 Å². The van der Waals surface area contributed by atoms with Gasteiger partial charge in [0.15, 0.2) is 0 Å². The van der Waals surface area contributed by atoms with E-state index in [-0.39, 0.29) is 11.8 Å². The van der Waals surface area contributed by atoms with Crippen molar-refractivity contribution < 1.29 is 4.79 Å². The maximum atomic E-state index is 11.4. The first-order chi connectivity index (χ1) is 6.24. The molecule has 0 aromatic carbocycles. The van der Waals surface area contributed by atoms with Crippen LogP contribution in [0, 0.1) is 5.92 Å². The predicted molar refractivity (Wildman–Crippen MR) is 56.1 cm³/mol. The Labute approximate surface area is 85.1 Å². The monoisotopic (exact) mass is 217 g/mol. The summed E-state index contributed by atoms with van der Waals surface area (Å²) in [6.45, 7) is 1.90. The predicted octanol–water partition coefficient (Wildman–Crippen LogP) is 1.48. The summed E-state index contributed by atoms with van der Waals surface area (Å²) >= 11 is 2.98. The Kier molecular flexibility index (Phi) is 4.17. The highest BCUT2D eigenvalue weighted by Gasteiger charge is 2.12. The van der Waals surface area contributed by atoms with E-state index in [2.05, 4.69) is 15.5 Å². The van der Waals surface area contributed by atoms with Crippen molar-refractivity contribution in [3.05, 3.63) is 5.51 Å². The average Bonchev–Trinajstić information content (AvgIpc) is 2.57. The second-order valence-electron chi connectivity index (χ2n) is 2.59. The Balaban J connectivity index is 2.41. The molecule has 1 aromatic rings. The Hall–Kier alpha value is -0.620. The molecule has 13 heavy (non-hydrogen) atoms. The van der Waals surface area contributed by atoms with Gasteiger partial charge in [-0.15, -0.1) is 10.2 Å². The van der Waals surface area contributed by atoms with Gasteiger partial charge >= 0.3 is 0 Å². The molecule has 1 rings (SSSR count). The summed E-state index contributed by atoms with van der Waals surface area (Å²) in [6.07, 6.45) is 1.98. The van der Waals surface area contributed by atoms with Crippen molar-refractivity contribution in [2.24, 2.45) is 5.92 Å². The van der Waals surface area contributed by atoms with Crippen molar-refractivity contribution in [2.45, 2.75) is 6.92 Å². The summed E-state index contributed by atoms with van der Waals surface area (Å²) in [5.41, 5.74) is 1.59. The molecule has 0 aliphatic heterocycles. The Bertz CT molecular complexity index is 263. The maximum absolute atomic E-state index is 11.4. The van der Waals surface area contributed by atoms with Gasteiger partial charge in [-0.25, -0.2) is 0 Å². The van der Waals surface area contributed by atoms with E-state index in [0.717, 1.165) is 5.75 Å². The number of amides is 1. The molecule has 1 N–H and O–H groups in total. The van der Waals surface area contributed by atoms with Crippen LogP contribution in [0.1, 0.15) is 6.92 Å². The van der Waals surface area contributed by atoms with Gasteiger partial charge < -0.3 is 5.32 Å². The second-order valence-corrected chi connectivity index (χ2v) is 4.33. The van der Waals surface area contributed by atoms with Gasteiger partial charge in [-0.05, 0) is 6.26 Å². The molecule has 72 valence electrons. The molecular weight excluding hydrogens is 206 g/mol. The molecule has 0 saturated carbocycles. The van der Waals surface area contributed by atoms with Crippen molar-refractivity contribution in [1.29, 1.82) is 0 Å². The number of carbonyl (C=O) groups excluding carboxylic acids is 1. The zero-order valence-corrected chi connectivity index (χ0v) is 9.11. The van der Waals surface area contributed by atoms with Crippen LogP contribution in [0.2, 0.25) is 0 Å². The molecule has 1 amide bonds. The van der Waals surface area contributed by atoms with Gasteiger partial charge in [0.25, 0.3) is 0 Å². The molecule has 1 aromatic heterocycles. The van der Waals surface area contributed by atoms with E-state index in [1.165, 1.54) is 11.3 Å². The van der Waals surface area contributed by atoms with Gasteiger partial charge in [-0.3, -0.25) is 4.79 Å². The molecular formula is C7H11N3OS2. The van der Waals surface area contributed by atoms with Crippen LogP contribution in [0.25, 0.3) is 0 Å². The summed E-state index contributed by atoms with van der Waals surface area (Å²) in [4.78, 5) is 11.4. The van der Waals surface area contributed by atoms with Crippen molar-refractivity contribution >= 4 is 34.1 Å². The van der Waals surface area contributed by atoms with Crippen LogP contribution in [0.3, 0.4) is 0 Å². The molecule has 0 fully saturated rings. The van der Waals surface area contributed by atoms with Crippen LogP contribution < -0.4 is 5.32 Å². The molecule has 0 saturated heterocycles. The highest BCUT2D eigenvalue weighted by molar-refractivity contribution is 7.98. The highest BCUT2D eigenvalue weighted by atomic mass is 32.2. The molecule has 0 aliphatic rings. The smallest absolute Gasteiger partial charge is 0.229 e. The summed E-state index contributed by atoms with van der Waals surface area (Å²) in [5.74, 6) is 0.843. The lowest BCUT2D eigenvalue weighted by molar-refractivity contribution is -0.118. The second kappa shape index (κ2) is 5.18. The van der Waals surface area contributed by atoms with Crippen molar-refractivity contribution in [1.82, 2.24) is 10.2 Å². The van der Waals surface area contributed by atoms with Crippen LogP contribution in [-0.2, 0) is 4.79 Å². The van der Waals surface area contributed by atoms with E-state index in [1.807, 2.05) is 13.2 Å². The first-order valence-corrected chi connectivity index (χ1v) is 6.07. The first-order valence-electron chi connectivity index (χ1n) is 3.80. The molecule has 1 atom stereocenters. The number of thioether (sulfide) groups is 1. The number of nitrogens with zero attached hydrogens (tertiary/aromatic N) is 2. The topological polar surface area (TPSA) is 54.9 Å². The van der Waals surface area contributed by atoms with Gasteiger partial charge in [0, 0.05) is 11.7 Å². The normalized spacial score (nSPS) is 12.5. The minimum atomic E-state index is 0.00565. The lowest BCUT2D eigenvalue weighted by Crippen LogP contribution is -2.21. The third-order valence-corrected chi connectivity index (χ3v) is 2.89. The molecule has 1 heterocycles. The molecule has 0 radical (unpaired) electrons. The molecule has 1 unspecified atom stereocenters. The zero-order chi connectivity index (χ0) is 9.68. The number of nitrogens with one attached hydrogen (secondary N) is 1. The fourth-order valence-corrected chi connectivity index (χ4v) is 1.88. The third kappa shape index (κ3) is 3.31. The van der Waals surface area contributed by atoms with E-state index in [9.17, 15) is 4.79 Å². The van der Waals surface area contributed by atoms with Crippen LogP contribution >= 0.6 is 23.1 Å². The first kappa shape index (κ1) is 10.5. The Morgan fingerprint density at radius 1 is 1.85 bits per heavy atom. The van der Waals surface area contributed by atoms with E-state index in [4.69, 9.17) is 0 Å². The Morgan fingerprint density at radius 2 is 2.62 bits per heavy atom. The highest BCUT2D eigenvalue weighted by Crippen LogP contribution is 2.11. The number of hydrogen-bond donors (Lipinski definition) is 1. The fraction of sp³-hybridized carbons (Fsp3) is 0.571. The lowest BCUT2D eigenvalue weighted by Gasteiger charge is -2.07. The molecule has 0 spiro atoms. The maximum Gasteiger partial charge on any atom is 0.229 e. The largest absolute Gasteiger partial charge is 0.300 e. The molecule has 0 bridgehead atoms. The number of anilines is 1. The van der Waals surface area contributed by atoms with Crippen molar-refractivity contribution in [2.75, 3.05) is 17.3 Å². The van der Waals surface area contributed by atoms with Gasteiger partial charge in [0.05, 0.1) is 0 Å². The Morgan fingerprint density at radius 3 is 3.15 bits per heavy atom. The molecule has 4 nitrogen and oxygen atoms in total. The minimum absolute atomic E-state index is 0.00565. The summed E-state index contributed by atoms with van der Waals surface area (Å²) in [7, 11) is 0. The average molecular weight is 217 g/mol. The molecule has 0 aliphatic carbocycles. The standard InChI is InChI=1S/C7H11N3OS2/c1-5(3-12-2)6(11)9-7-10-8-4-13-7/h4-5H,3H2,1-2H3,(H,9,10,11).